The van der Waals surface area contributed by atoms with Gasteiger partial charge in [-0.3, -0.25) is 14.5 Å². The zero-order chi connectivity index (χ0) is 16.3. The van der Waals surface area contributed by atoms with E-state index >= 15 is 0 Å². The number of nitrogens with zero attached hydrogens (tertiary/aromatic N) is 1. The van der Waals surface area contributed by atoms with Crippen LogP contribution in [0.1, 0.15) is 19.8 Å². The smallest absolute Gasteiger partial charge is 0.241 e. The van der Waals surface area contributed by atoms with E-state index in [4.69, 9.17) is 5.73 Å². The zero-order valence-electron chi connectivity index (χ0n) is 12.3. The average molecular weight is 311 g/mol. The van der Waals surface area contributed by atoms with E-state index in [0.29, 0.717) is 25.9 Å². The minimum atomic E-state index is -0.812. The molecule has 0 aromatic heterocycles. The summed E-state index contributed by atoms with van der Waals surface area (Å²) < 4.78 is 26.4. The van der Waals surface area contributed by atoms with Crippen LogP contribution in [0.4, 0.5) is 14.5 Å². The average Bonchev–Trinajstić information content (AvgIpc) is 2.49. The first-order valence-electron chi connectivity index (χ1n) is 7.17. The second kappa shape index (κ2) is 6.83. The van der Waals surface area contributed by atoms with Gasteiger partial charge in [-0.25, -0.2) is 8.78 Å². The van der Waals surface area contributed by atoms with Gasteiger partial charge in [0.1, 0.15) is 11.6 Å². The minimum absolute atomic E-state index is 0.0507. The standard InChI is InChI=1S/C15H19F2N3O2/c1-9(20-6-4-10(5-7-20)14(18)21)15(22)19-13-3-2-11(16)8-12(13)17/h2-3,8-10H,4-7H2,1H3,(H2,18,21)(H,19,22)/t9-/m0/s1. The van der Waals surface area contributed by atoms with E-state index in [1.54, 1.807) is 6.92 Å². The van der Waals surface area contributed by atoms with Crippen molar-refractivity contribution in [1.29, 1.82) is 0 Å². The Bertz CT molecular complexity index is 572. The van der Waals surface area contributed by atoms with Gasteiger partial charge >= 0.3 is 0 Å². The number of piperidine rings is 1. The molecular weight excluding hydrogens is 292 g/mol. The highest BCUT2D eigenvalue weighted by atomic mass is 19.1. The number of primary amides is 1. The molecule has 22 heavy (non-hydrogen) atoms. The van der Waals surface area contributed by atoms with E-state index in [0.717, 1.165) is 12.1 Å². The van der Waals surface area contributed by atoms with Crippen LogP contribution >= 0.6 is 0 Å². The normalized spacial score (nSPS) is 18.0. The van der Waals surface area contributed by atoms with Crippen molar-refractivity contribution < 1.29 is 18.4 Å². The van der Waals surface area contributed by atoms with Crippen molar-refractivity contribution in [2.75, 3.05) is 18.4 Å². The molecule has 1 aliphatic heterocycles. The number of nitrogens with one attached hydrogen (secondary N) is 1. The Morgan fingerprint density at radius 2 is 1.95 bits per heavy atom. The van der Waals surface area contributed by atoms with E-state index in [2.05, 4.69) is 5.32 Å². The van der Waals surface area contributed by atoms with Crippen LogP contribution in [0.2, 0.25) is 0 Å². The third kappa shape index (κ3) is 3.79. The molecule has 5 nitrogen and oxygen atoms in total. The number of nitrogens with two attached hydrogens (primary N) is 1. The zero-order valence-corrected chi connectivity index (χ0v) is 12.3. The van der Waals surface area contributed by atoms with Crippen molar-refractivity contribution in [3.8, 4) is 0 Å². The fourth-order valence-corrected chi connectivity index (χ4v) is 2.57. The predicted octanol–water partition coefficient (Wildman–Crippen LogP) is 1.49. The van der Waals surface area contributed by atoms with Crippen molar-refractivity contribution in [2.45, 2.75) is 25.8 Å². The molecule has 1 atom stereocenters. The summed E-state index contributed by atoms with van der Waals surface area (Å²) in [6, 6.07) is 2.52. The summed E-state index contributed by atoms with van der Waals surface area (Å²) in [4.78, 5) is 25.2. The topological polar surface area (TPSA) is 75.4 Å². The van der Waals surface area contributed by atoms with Crippen LogP contribution < -0.4 is 11.1 Å². The number of rotatable bonds is 4. The summed E-state index contributed by atoms with van der Waals surface area (Å²) in [5, 5.41) is 2.45. The number of carbonyl (C=O) groups is 2. The fourth-order valence-electron chi connectivity index (χ4n) is 2.57. The maximum Gasteiger partial charge on any atom is 0.241 e. The molecule has 1 heterocycles. The molecule has 1 saturated heterocycles. The molecule has 2 rings (SSSR count). The molecule has 1 fully saturated rings. The summed E-state index contributed by atoms with van der Waals surface area (Å²) in [6.45, 7) is 2.86. The van der Waals surface area contributed by atoms with Gasteiger partial charge in [0.15, 0.2) is 0 Å². The Balaban J connectivity index is 1.94. The molecule has 0 bridgehead atoms. The molecule has 0 aliphatic carbocycles. The molecule has 0 radical (unpaired) electrons. The van der Waals surface area contributed by atoms with Gasteiger partial charge in [-0.15, -0.1) is 0 Å². The highest BCUT2D eigenvalue weighted by Gasteiger charge is 2.29. The van der Waals surface area contributed by atoms with E-state index in [1.165, 1.54) is 6.07 Å². The summed E-state index contributed by atoms with van der Waals surface area (Å²) in [5.74, 6) is -2.35. The largest absolute Gasteiger partial charge is 0.369 e. The Hall–Kier alpha value is -2.02. The van der Waals surface area contributed by atoms with E-state index in [1.807, 2.05) is 4.90 Å². The molecule has 7 heteroatoms. The lowest BCUT2D eigenvalue weighted by atomic mass is 9.95. The number of carbonyl (C=O) groups excluding carboxylic acids is 2. The van der Waals surface area contributed by atoms with Gasteiger partial charge in [0.25, 0.3) is 0 Å². The number of halogens is 2. The van der Waals surface area contributed by atoms with Crippen molar-refractivity contribution in [2.24, 2.45) is 11.7 Å². The predicted molar refractivity (Wildman–Crippen MR) is 77.9 cm³/mol. The quantitative estimate of drug-likeness (QED) is 0.884. The Morgan fingerprint density at radius 1 is 1.32 bits per heavy atom. The lowest BCUT2D eigenvalue weighted by Gasteiger charge is -2.34. The maximum absolute atomic E-state index is 13.5. The molecule has 1 aromatic carbocycles. The monoisotopic (exact) mass is 311 g/mol. The Kier molecular flexibility index (Phi) is 5.07. The number of amides is 2. The molecule has 120 valence electrons. The van der Waals surface area contributed by atoms with Gasteiger partial charge in [-0.1, -0.05) is 0 Å². The lowest BCUT2D eigenvalue weighted by Crippen LogP contribution is -2.47. The Morgan fingerprint density at radius 3 is 2.50 bits per heavy atom. The summed E-state index contributed by atoms with van der Waals surface area (Å²) >= 11 is 0. The van der Waals surface area contributed by atoms with Crippen molar-refractivity contribution >= 4 is 17.5 Å². The van der Waals surface area contributed by atoms with Crippen LogP contribution in [-0.4, -0.2) is 35.8 Å². The van der Waals surface area contributed by atoms with Crippen LogP contribution in [0, 0.1) is 17.6 Å². The Labute approximate surface area is 127 Å². The third-order valence-electron chi connectivity index (χ3n) is 4.05. The molecular formula is C15H19F2N3O2. The molecule has 1 aromatic rings. The molecule has 0 unspecified atom stereocenters. The van der Waals surface area contributed by atoms with E-state index in [9.17, 15) is 18.4 Å². The van der Waals surface area contributed by atoms with Crippen LogP contribution in [0.15, 0.2) is 18.2 Å². The third-order valence-corrected chi connectivity index (χ3v) is 4.05. The van der Waals surface area contributed by atoms with Crippen LogP contribution in [0.5, 0.6) is 0 Å². The minimum Gasteiger partial charge on any atom is -0.369 e. The second-order valence-corrected chi connectivity index (χ2v) is 5.50. The summed E-state index contributed by atoms with van der Waals surface area (Å²) in [5.41, 5.74) is 5.22. The number of likely N-dealkylation sites (tertiary alicyclic amines) is 1. The highest BCUT2D eigenvalue weighted by molar-refractivity contribution is 5.94. The van der Waals surface area contributed by atoms with Gasteiger partial charge in [0, 0.05) is 12.0 Å². The highest BCUT2D eigenvalue weighted by Crippen LogP contribution is 2.20. The fraction of sp³-hybridized carbons (Fsp3) is 0.467. The first-order valence-corrected chi connectivity index (χ1v) is 7.17. The van der Waals surface area contributed by atoms with E-state index < -0.39 is 17.7 Å². The number of anilines is 1. The SMILES string of the molecule is C[C@@H](C(=O)Nc1ccc(F)cc1F)N1CCC(C(N)=O)CC1. The summed E-state index contributed by atoms with van der Waals surface area (Å²) in [6.07, 6.45) is 1.22. The first kappa shape index (κ1) is 16.4. The molecule has 2 amide bonds. The van der Waals surface area contributed by atoms with Gasteiger partial charge in [0.05, 0.1) is 11.7 Å². The van der Waals surface area contributed by atoms with Gasteiger partial charge < -0.3 is 11.1 Å². The van der Waals surface area contributed by atoms with Crippen molar-refractivity contribution in [3.63, 3.8) is 0 Å². The lowest BCUT2D eigenvalue weighted by molar-refractivity contribution is -0.124. The maximum atomic E-state index is 13.5. The van der Waals surface area contributed by atoms with Crippen molar-refractivity contribution in [1.82, 2.24) is 4.90 Å². The number of hydrogen-bond acceptors (Lipinski definition) is 3. The van der Waals surface area contributed by atoms with Gasteiger partial charge in [-0.2, -0.15) is 0 Å². The van der Waals surface area contributed by atoms with E-state index in [-0.39, 0.29) is 23.4 Å². The number of benzene rings is 1. The van der Waals surface area contributed by atoms with Gasteiger partial charge in [0.2, 0.25) is 11.8 Å². The van der Waals surface area contributed by atoms with Crippen LogP contribution in [0.3, 0.4) is 0 Å². The summed E-state index contributed by atoms with van der Waals surface area (Å²) in [7, 11) is 0. The van der Waals surface area contributed by atoms with Crippen LogP contribution in [0.25, 0.3) is 0 Å². The van der Waals surface area contributed by atoms with Gasteiger partial charge in [-0.05, 0) is 45.0 Å². The molecule has 0 spiro atoms. The molecule has 0 saturated carbocycles. The van der Waals surface area contributed by atoms with Crippen LogP contribution in [-0.2, 0) is 9.59 Å². The van der Waals surface area contributed by atoms with Crippen molar-refractivity contribution in [3.05, 3.63) is 29.8 Å². The second-order valence-electron chi connectivity index (χ2n) is 5.50. The molecule has 3 N–H and O–H groups in total. The first-order chi connectivity index (χ1) is 10.4. The molecule has 1 aliphatic rings. The number of hydrogen-bond donors (Lipinski definition) is 2.